The van der Waals surface area contributed by atoms with Gasteiger partial charge >= 0.3 is 0 Å². The second-order valence-corrected chi connectivity index (χ2v) is 9.29. The van der Waals surface area contributed by atoms with Gasteiger partial charge in [0.15, 0.2) is 11.6 Å². The molecule has 1 aliphatic rings. The van der Waals surface area contributed by atoms with Crippen LogP contribution in [0.4, 0.5) is 13.2 Å². The molecule has 3 aromatic carbocycles. The first kappa shape index (κ1) is 26.0. The first-order valence-corrected chi connectivity index (χ1v) is 12.8. The molecule has 0 amide bonds. The largest absolute Gasteiger partial charge is 0.490 e. The van der Waals surface area contributed by atoms with Crippen LogP contribution in [0.1, 0.15) is 57.6 Å². The van der Waals surface area contributed by atoms with Crippen molar-refractivity contribution >= 4 is 0 Å². The Labute approximate surface area is 211 Å². The molecule has 2 nitrogen and oxygen atoms in total. The van der Waals surface area contributed by atoms with Crippen LogP contribution in [0.15, 0.2) is 66.7 Å². The van der Waals surface area contributed by atoms with Crippen molar-refractivity contribution in [2.24, 2.45) is 5.92 Å². The van der Waals surface area contributed by atoms with Gasteiger partial charge in [0, 0.05) is 17.0 Å². The van der Waals surface area contributed by atoms with Crippen LogP contribution in [0.25, 0.3) is 22.3 Å². The van der Waals surface area contributed by atoms with Crippen LogP contribution >= 0.6 is 0 Å². The zero-order valence-corrected chi connectivity index (χ0v) is 20.9. The van der Waals surface area contributed by atoms with Crippen molar-refractivity contribution in [3.05, 3.63) is 89.8 Å². The zero-order chi connectivity index (χ0) is 25.5. The summed E-state index contributed by atoms with van der Waals surface area (Å²) in [4.78, 5) is 0. The van der Waals surface area contributed by atoms with Crippen LogP contribution in [-0.4, -0.2) is 13.2 Å². The Balaban J connectivity index is 1.46. The van der Waals surface area contributed by atoms with Gasteiger partial charge in [-0.15, -0.1) is 0 Å². The number of benzene rings is 3. The number of rotatable bonds is 9. The Kier molecular flexibility index (Phi) is 8.87. The van der Waals surface area contributed by atoms with E-state index in [1.165, 1.54) is 18.2 Å². The molecule has 190 valence electrons. The van der Waals surface area contributed by atoms with E-state index in [1.54, 1.807) is 30.3 Å². The first-order chi connectivity index (χ1) is 17.5. The Morgan fingerprint density at radius 1 is 0.889 bits per heavy atom. The number of halogens is 3. The molecule has 1 heterocycles. The van der Waals surface area contributed by atoms with Gasteiger partial charge in [0.05, 0.1) is 19.3 Å². The van der Waals surface area contributed by atoms with Gasteiger partial charge in [0.2, 0.25) is 5.82 Å². The quantitative estimate of drug-likeness (QED) is 0.218. The molecule has 1 saturated heterocycles. The summed E-state index contributed by atoms with van der Waals surface area (Å²) in [7, 11) is 0. The highest BCUT2D eigenvalue weighted by Crippen LogP contribution is 2.35. The van der Waals surface area contributed by atoms with Crippen LogP contribution in [0.3, 0.4) is 0 Å². The number of hydrogen-bond acceptors (Lipinski definition) is 2. The minimum Gasteiger partial charge on any atom is -0.490 e. The Morgan fingerprint density at radius 2 is 1.64 bits per heavy atom. The van der Waals surface area contributed by atoms with E-state index in [-0.39, 0.29) is 23.2 Å². The standard InChI is InChI=1S/C31H33F3O2/c1-3-5-6-18-35-29-17-15-25(30(33)31(29)34)23-11-9-22(10-12-23)24-13-14-26(27(32)19-24)28-16-8-21(7-4-2)20-36-28/h4,7,9-15,17,19,21,28H,3,5-6,8,16,18,20H2,1-2H3. The Bertz CT molecular complexity index is 1180. The second-order valence-electron chi connectivity index (χ2n) is 9.29. The van der Waals surface area contributed by atoms with E-state index in [0.717, 1.165) is 37.7 Å². The molecule has 0 radical (unpaired) electrons. The van der Waals surface area contributed by atoms with Crippen molar-refractivity contribution in [3.63, 3.8) is 0 Å². The molecule has 0 bridgehead atoms. The minimum atomic E-state index is -0.979. The fraction of sp³-hybridized carbons (Fsp3) is 0.355. The molecule has 36 heavy (non-hydrogen) atoms. The molecule has 2 unspecified atom stereocenters. The summed E-state index contributed by atoms with van der Waals surface area (Å²) in [5.41, 5.74) is 2.78. The lowest BCUT2D eigenvalue weighted by Gasteiger charge is -2.28. The number of ether oxygens (including phenoxy) is 2. The van der Waals surface area contributed by atoms with E-state index in [4.69, 9.17) is 9.47 Å². The third kappa shape index (κ3) is 6.01. The molecule has 1 aliphatic heterocycles. The molecule has 5 heteroatoms. The van der Waals surface area contributed by atoms with Crippen LogP contribution in [0.2, 0.25) is 0 Å². The summed E-state index contributed by atoms with van der Waals surface area (Å²) < 4.78 is 55.6. The van der Waals surface area contributed by atoms with Crippen molar-refractivity contribution in [2.75, 3.05) is 13.2 Å². The third-order valence-electron chi connectivity index (χ3n) is 6.70. The lowest BCUT2D eigenvalue weighted by atomic mass is 9.93. The summed E-state index contributed by atoms with van der Waals surface area (Å²) in [5, 5.41) is 0. The molecule has 3 aromatic rings. The van der Waals surface area contributed by atoms with E-state index < -0.39 is 11.6 Å². The highest BCUT2D eigenvalue weighted by atomic mass is 19.2. The topological polar surface area (TPSA) is 18.5 Å². The van der Waals surface area contributed by atoms with Crippen molar-refractivity contribution in [3.8, 4) is 28.0 Å². The van der Waals surface area contributed by atoms with Crippen molar-refractivity contribution < 1.29 is 22.6 Å². The van der Waals surface area contributed by atoms with Crippen molar-refractivity contribution in [2.45, 2.75) is 52.1 Å². The van der Waals surface area contributed by atoms with Gasteiger partial charge in [0.25, 0.3) is 0 Å². The molecule has 0 spiro atoms. The van der Waals surface area contributed by atoms with E-state index in [1.807, 2.05) is 19.1 Å². The van der Waals surface area contributed by atoms with Gasteiger partial charge in [-0.2, -0.15) is 4.39 Å². The van der Waals surface area contributed by atoms with Gasteiger partial charge < -0.3 is 9.47 Å². The first-order valence-electron chi connectivity index (χ1n) is 12.8. The molecule has 2 atom stereocenters. The number of hydrogen-bond donors (Lipinski definition) is 0. The lowest BCUT2D eigenvalue weighted by Crippen LogP contribution is -2.20. The second kappa shape index (κ2) is 12.3. The Morgan fingerprint density at radius 3 is 2.31 bits per heavy atom. The molecule has 1 fully saturated rings. The van der Waals surface area contributed by atoms with E-state index in [9.17, 15) is 13.2 Å². The van der Waals surface area contributed by atoms with Crippen LogP contribution < -0.4 is 4.74 Å². The fourth-order valence-electron chi connectivity index (χ4n) is 4.65. The average molecular weight is 495 g/mol. The van der Waals surface area contributed by atoms with Crippen LogP contribution in [0.5, 0.6) is 5.75 Å². The van der Waals surface area contributed by atoms with E-state index >= 15 is 0 Å². The monoisotopic (exact) mass is 494 g/mol. The number of unbranched alkanes of at least 4 members (excludes halogenated alkanes) is 2. The molecular formula is C31H33F3O2. The highest BCUT2D eigenvalue weighted by Gasteiger charge is 2.24. The summed E-state index contributed by atoms with van der Waals surface area (Å²) in [6, 6.07) is 15.2. The lowest BCUT2D eigenvalue weighted by molar-refractivity contribution is -0.00711. The summed E-state index contributed by atoms with van der Waals surface area (Å²) in [5.74, 6) is -1.89. The van der Waals surface area contributed by atoms with Gasteiger partial charge in [0.1, 0.15) is 5.82 Å². The molecule has 0 aromatic heterocycles. The summed E-state index contributed by atoms with van der Waals surface area (Å²) >= 11 is 0. The van der Waals surface area contributed by atoms with Crippen molar-refractivity contribution in [1.29, 1.82) is 0 Å². The maximum Gasteiger partial charge on any atom is 0.201 e. The third-order valence-corrected chi connectivity index (χ3v) is 6.70. The highest BCUT2D eigenvalue weighted by molar-refractivity contribution is 5.71. The average Bonchev–Trinajstić information content (AvgIpc) is 2.90. The maximum absolute atomic E-state index is 15.0. The summed E-state index contributed by atoms with van der Waals surface area (Å²) in [6.45, 7) is 5.02. The minimum absolute atomic E-state index is 0.0705. The normalized spacial score (nSPS) is 18.0. The number of allylic oxidation sites excluding steroid dienone is 1. The summed E-state index contributed by atoms with van der Waals surface area (Å²) in [6.07, 6.45) is 8.48. The van der Waals surface area contributed by atoms with Gasteiger partial charge in [-0.25, -0.2) is 8.78 Å². The molecule has 0 saturated carbocycles. The van der Waals surface area contributed by atoms with Crippen LogP contribution in [-0.2, 0) is 4.74 Å². The molecule has 0 N–H and O–H groups in total. The van der Waals surface area contributed by atoms with Gasteiger partial charge in [-0.1, -0.05) is 68.3 Å². The van der Waals surface area contributed by atoms with E-state index in [2.05, 4.69) is 13.0 Å². The predicted octanol–water partition coefficient (Wildman–Crippen LogP) is 9.05. The van der Waals surface area contributed by atoms with Gasteiger partial charge in [-0.3, -0.25) is 0 Å². The zero-order valence-electron chi connectivity index (χ0n) is 20.9. The maximum atomic E-state index is 15.0. The predicted molar refractivity (Wildman–Crippen MR) is 138 cm³/mol. The SMILES string of the molecule is CC=CC1CCC(c2ccc(-c3ccc(-c4ccc(OCCCCC)c(F)c4F)cc3)cc2F)OC1. The van der Waals surface area contributed by atoms with Gasteiger partial charge in [-0.05, 0) is 61.1 Å². The molecule has 4 rings (SSSR count). The molecular weight excluding hydrogens is 461 g/mol. The van der Waals surface area contributed by atoms with Crippen molar-refractivity contribution in [1.82, 2.24) is 0 Å². The smallest absolute Gasteiger partial charge is 0.201 e. The fourth-order valence-corrected chi connectivity index (χ4v) is 4.65. The van der Waals surface area contributed by atoms with Crippen LogP contribution in [0, 0.1) is 23.4 Å². The van der Waals surface area contributed by atoms with E-state index in [0.29, 0.717) is 35.8 Å². The Hall–Kier alpha value is -3.05. The molecule has 0 aliphatic carbocycles.